The van der Waals surface area contributed by atoms with Gasteiger partial charge in [-0.15, -0.1) is 0 Å². The van der Waals surface area contributed by atoms with Crippen LogP contribution in [-0.2, 0) is 11.2 Å². The summed E-state index contributed by atoms with van der Waals surface area (Å²) < 4.78 is 0. The van der Waals surface area contributed by atoms with Crippen LogP contribution < -0.4 is 5.32 Å². The van der Waals surface area contributed by atoms with E-state index in [0.717, 1.165) is 60.9 Å². The van der Waals surface area contributed by atoms with Crippen LogP contribution in [0.15, 0.2) is 67.0 Å². The molecule has 1 atom stereocenters. The van der Waals surface area contributed by atoms with Gasteiger partial charge in [0.15, 0.2) is 0 Å². The number of hydrogen-bond donors (Lipinski definition) is 1. The van der Waals surface area contributed by atoms with Crippen molar-refractivity contribution in [1.29, 1.82) is 0 Å². The summed E-state index contributed by atoms with van der Waals surface area (Å²) in [6.07, 6.45) is 8.08. The Morgan fingerprint density at radius 3 is 2.84 bits per heavy atom. The molecule has 158 valence electrons. The van der Waals surface area contributed by atoms with Gasteiger partial charge in [-0.1, -0.05) is 36.4 Å². The van der Waals surface area contributed by atoms with Gasteiger partial charge in [0.2, 0.25) is 5.91 Å². The number of anilines is 2. The molecule has 1 aromatic carbocycles. The number of rotatable bonds is 6. The summed E-state index contributed by atoms with van der Waals surface area (Å²) in [5, 5.41) is 3.25. The Bertz CT molecular complexity index is 1050. The molecule has 3 aromatic rings. The van der Waals surface area contributed by atoms with Crippen LogP contribution in [0.1, 0.15) is 29.8 Å². The summed E-state index contributed by atoms with van der Waals surface area (Å²) in [5.74, 6) is 1.97. The van der Waals surface area contributed by atoms with Gasteiger partial charge in [-0.05, 0) is 55.9 Å². The summed E-state index contributed by atoms with van der Waals surface area (Å²) in [5.41, 5.74) is 2.96. The zero-order valence-electron chi connectivity index (χ0n) is 17.7. The molecule has 0 unspecified atom stereocenters. The van der Waals surface area contributed by atoms with Crippen LogP contribution in [0.4, 0.5) is 11.6 Å². The number of nitrogens with one attached hydrogen (secondary N) is 1. The van der Waals surface area contributed by atoms with E-state index >= 15 is 0 Å². The molecule has 3 heterocycles. The predicted octanol–water partition coefficient (Wildman–Crippen LogP) is 4.42. The van der Waals surface area contributed by atoms with Crippen molar-refractivity contribution in [2.45, 2.75) is 26.2 Å². The third kappa shape index (κ3) is 5.98. The predicted molar refractivity (Wildman–Crippen MR) is 123 cm³/mol. The van der Waals surface area contributed by atoms with Crippen molar-refractivity contribution in [1.82, 2.24) is 19.9 Å². The molecule has 6 nitrogen and oxygen atoms in total. The lowest BCUT2D eigenvalue weighted by Gasteiger charge is -2.32. The van der Waals surface area contributed by atoms with Crippen molar-refractivity contribution in [2.75, 3.05) is 18.4 Å². The van der Waals surface area contributed by atoms with Gasteiger partial charge in [0.1, 0.15) is 18.0 Å². The molecule has 0 spiro atoms. The van der Waals surface area contributed by atoms with Crippen molar-refractivity contribution in [3.05, 3.63) is 84.0 Å². The summed E-state index contributed by atoms with van der Waals surface area (Å²) >= 11 is 0. The Hall–Kier alpha value is -3.54. The van der Waals surface area contributed by atoms with Crippen molar-refractivity contribution in [3.8, 4) is 0 Å². The van der Waals surface area contributed by atoms with Crippen LogP contribution in [0.25, 0.3) is 6.08 Å². The minimum absolute atomic E-state index is 0.0733. The first kappa shape index (κ1) is 20.7. The average molecular weight is 414 g/mol. The average Bonchev–Trinajstić information content (AvgIpc) is 2.79. The van der Waals surface area contributed by atoms with Crippen LogP contribution in [0.2, 0.25) is 0 Å². The van der Waals surface area contributed by atoms with Gasteiger partial charge in [-0.3, -0.25) is 4.79 Å². The molecule has 31 heavy (non-hydrogen) atoms. The number of amides is 1. The van der Waals surface area contributed by atoms with E-state index in [1.807, 2.05) is 72.5 Å². The number of carbonyl (C=O) groups excluding carboxylic acids is 1. The third-order valence-corrected chi connectivity index (χ3v) is 5.41. The fraction of sp³-hybridized carbons (Fsp3) is 0.280. The van der Waals surface area contributed by atoms with Gasteiger partial charge in [0, 0.05) is 36.6 Å². The van der Waals surface area contributed by atoms with Gasteiger partial charge in [0.05, 0.1) is 0 Å². The summed E-state index contributed by atoms with van der Waals surface area (Å²) in [6.45, 7) is 3.52. The third-order valence-electron chi connectivity index (χ3n) is 5.41. The maximum atomic E-state index is 12.7. The highest BCUT2D eigenvalue weighted by Crippen LogP contribution is 2.22. The zero-order chi connectivity index (χ0) is 21.5. The zero-order valence-corrected chi connectivity index (χ0v) is 17.7. The maximum absolute atomic E-state index is 12.7. The SMILES string of the molecule is Cc1cccc(Nc2cc(C[C@@H]3CCCN(C(=O)/C=C/c4ccccc4)C3)ncn2)n1. The molecule has 1 amide bonds. The first-order valence-electron chi connectivity index (χ1n) is 10.7. The van der Waals surface area contributed by atoms with E-state index in [2.05, 4.69) is 20.3 Å². The van der Waals surface area contributed by atoms with Gasteiger partial charge in [-0.25, -0.2) is 15.0 Å². The molecule has 1 fully saturated rings. The number of piperidine rings is 1. The molecule has 1 saturated heterocycles. The smallest absolute Gasteiger partial charge is 0.246 e. The van der Waals surface area contributed by atoms with Crippen molar-refractivity contribution in [2.24, 2.45) is 5.92 Å². The number of pyridine rings is 1. The summed E-state index contributed by atoms with van der Waals surface area (Å²) in [7, 11) is 0. The lowest BCUT2D eigenvalue weighted by atomic mass is 9.93. The Kier molecular flexibility index (Phi) is 6.67. The van der Waals surface area contributed by atoms with Gasteiger partial charge in [0.25, 0.3) is 0 Å². The van der Waals surface area contributed by atoms with E-state index in [1.165, 1.54) is 0 Å². The molecule has 0 bridgehead atoms. The Balaban J connectivity index is 1.36. The highest BCUT2D eigenvalue weighted by atomic mass is 16.2. The molecule has 1 aliphatic rings. The monoisotopic (exact) mass is 413 g/mol. The van der Waals surface area contributed by atoms with Crippen LogP contribution in [-0.4, -0.2) is 38.8 Å². The second-order valence-corrected chi connectivity index (χ2v) is 7.92. The van der Waals surface area contributed by atoms with Crippen LogP contribution >= 0.6 is 0 Å². The quantitative estimate of drug-likeness (QED) is 0.606. The fourth-order valence-corrected chi connectivity index (χ4v) is 3.89. The van der Waals surface area contributed by atoms with Crippen LogP contribution in [0.3, 0.4) is 0 Å². The van der Waals surface area contributed by atoms with Crippen LogP contribution in [0.5, 0.6) is 0 Å². The van der Waals surface area contributed by atoms with Gasteiger partial charge < -0.3 is 10.2 Å². The topological polar surface area (TPSA) is 71.0 Å². The van der Waals surface area contributed by atoms with E-state index in [9.17, 15) is 4.79 Å². The van der Waals surface area contributed by atoms with Crippen molar-refractivity contribution >= 4 is 23.6 Å². The highest BCUT2D eigenvalue weighted by Gasteiger charge is 2.23. The minimum Gasteiger partial charge on any atom is -0.339 e. The minimum atomic E-state index is 0.0733. The number of hydrogen-bond acceptors (Lipinski definition) is 5. The molecule has 1 N–H and O–H groups in total. The first-order chi connectivity index (χ1) is 15.2. The molecular weight excluding hydrogens is 386 g/mol. The number of benzene rings is 1. The van der Waals surface area contributed by atoms with E-state index in [0.29, 0.717) is 5.92 Å². The highest BCUT2D eigenvalue weighted by molar-refractivity contribution is 5.91. The summed E-state index contributed by atoms with van der Waals surface area (Å²) in [6, 6.07) is 17.7. The Morgan fingerprint density at radius 2 is 2.00 bits per heavy atom. The second kappa shape index (κ2) is 9.98. The lowest BCUT2D eigenvalue weighted by Crippen LogP contribution is -2.39. The normalized spacial score (nSPS) is 16.4. The van der Waals surface area contributed by atoms with Gasteiger partial charge in [-0.2, -0.15) is 0 Å². The molecular formula is C25H27N5O. The number of carbonyl (C=O) groups is 1. The molecule has 0 saturated carbocycles. The lowest BCUT2D eigenvalue weighted by molar-refractivity contribution is -0.127. The molecule has 2 aromatic heterocycles. The van der Waals surface area contributed by atoms with Crippen molar-refractivity contribution in [3.63, 3.8) is 0 Å². The Labute approximate surface area is 183 Å². The van der Waals surface area contributed by atoms with E-state index in [1.54, 1.807) is 12.4 Å². The molecule has 1 aliphatic heterocycles. The van der Waals surface area contributed by atoms with E-state index < -0.39 is 0 Å². The molecule has 0 radical (unpaired) electrons. The van der Waals surface area contributed by atoms with Crippen LogP contribution in [0, 0.1) is 12.8 Å². The number of likely N-dealkylation sites (tertiary alicyclic amines) is 1. The van der Waals surface area contributed by atoms with E-state index in [4.69, 9.17) is 0 Å². The standard InChI is InChI=1S/C25H27N5O/c1-19-7-5-11-23(28-19)29-24-16-22(26-18-27-24)15-21-10-6-14-30(17-21)25(31)13-12-20-8-3-2-4-9-20/h2-5,7-9,11-13,16,18,21H,6,10,14-15,17H2,1H3,(H,26,27,28,29)/b13-12+/t21-/m0/s1. The molecule has 6 heteroatoms. The molecule has 4 rings (SSSR count). The number of nitrogens with zero attached hydrogens (tertiary/aromatic N) is 4. The van der Waals surface area contributed by atoms with Crippen molar-refractivity contribution < 1.29 is 4.79 Å². The van der Waals surface area contributed by atoms with E-state index in [-0.39, 0.29) is 5.91 Å². The Morgan fingerprint density at radius 1 is 1.13 bits per heavy atom. The largest absolute Gasteiger partial charge is 0.339 e. The summed E-state index contributed by atoms with van der Waals surface area (Å²) in [4.78, 5) is 27.8. The maximum Gasteiger partial charge on any atom is 0.246 e. The number of aromatic nitrogens is 3. The molecule has 0 aliphatic carbocycles. The second-order valence-electron chi connectivity index (χ2n) is 7.92. The fourth-order valence-electron chi connectivity index (χ4n) is 3.89. The first-order valence-corrected chi connectivity index (χ1v) is 10.7. The number of aryl methyl sites for hydroxylation is 1. The van der Waals surface area contributed by atoms with Gasteiger partial charge >= 0.3 is 0 Å².